The second kappa shape index (κ2) is 7.98. The predicted molar refractivity (Wildman–Crippen MR) is 108 cm³/mol. The van der Waals surface area contributed by atoms with Gasteiger partial charge in [0.15, 0.2) is 0 Å². The Morgan fingerprint density at radius 3 is 1.96 bits per heavy atom. The van der Waals surface area contributed by atoms with Crippen molar-refractivity contribution in [2.45, 2.75) is 0 Å². The Kier molecular flexibility index (Phi) is 5.44. The summed E-state index contributed by atoms with van der Waals surface area (Å²) in [5, 5.41) is 2.22. The van der Waals surface area contributed by atoms with Crippen molar-refractivity contribution in [1.29, 1.82) is 0 Å². The first-order valence-corrected chi connectivity index (χ1v) is 8.69. The second-order valence-corrected chi connectivity index (χ2v) is 6.33. The molecule has 2 nitrogen and oxygen atoms in total. The molecule has 2 heterocycles. The van der Waals surface area contributed by atoms with Gasteiger partial charge < -0.3 is 0 Å². The van der Waals surface area contributed by atoms with Crippen LogP contribution in [0, 0.1) is 49.4 Å². The van der Waals surface area contributed by atoms with E-state index in [0.717, 1.165) is 38.6 Å². The largest absolute Gasteiger partial charge is 0.254 e. The molecule has 0 aliphatic carbocycles. The molecule has 0 N–H and O–H groups in total. The van der Waals surface area contributed by atoms with Crippen molar-refractivity contribution >= 4 is 21.8 Å². The molecule has 27 heavy (non-hydrogen) atoms. The van der Waals surface area contributed by atoms with Crippen LogP contribution in [0.1, 0.15) is 0 Å². The number of fused-ring (bicyclic) bond motifs is 3. The van der Waals surface area contributed by atoms with E-state index in [1.807, 2.05) is 24.4 Å². The van der Waals surface area contributed by atoms with Gasteiger partial charge in [-0.05, 0) is 17.7 Å². The number of nitrogens with zero attached hydrogens (tertiary/aromatic N) is 2. The van der Waals surface area contributed by atoms with Gasteiger partial charge in [0.05, 0.1) is 16.7 Å². The summed E-state index contributed by atoms with van der Waals surface area (Å²) < 4.78 is 0. The van der Waals surface area contributed by atoms with Gasteiger partial charge in [0.2, 0.25) is 0 Å². The third kappa shape index (κ3) is 3.47. The summed E-state index contributed by atoms with van der Waals surface area (Å²) in [6, 6.07) is 31.3. The Balaban J connectivity index is 0.00000180. The molecule has 0 saturated carbocycles. The molecule has 0 aliphatic rings. The Morgan fingerprint density at radius 2 is 1.22 bits per heavy atom. The van der Waals surface area contributed by atoms with E-state index in [-0.39, 0.29) is 49.4 Å². The van der Waals surface area contributed by atoms with Crippen molar-refractivity contribution in [2.75, 3.05) is 0 Å². The van der Waals surface area contributed by atoms with Crippen LogP contribution >= 0.6 is 0 Å². The smallest absolute Gasteiger partial charge is 0.0972 e. The van der Waals surface area contributed by atoms with E-state index in [2.05, 4.69) is 77.8 Å². The van der Waals surface area contributed by atoms with Gasteiger partial charge in [-0.1, -0.05) is 78.9 Å². The average Bonchev–Trinajstić information content (AvgIpc) is 2.74. The van der Waals surface area contributed by atoms with Gasteiger partial charge in [-0.2, -0.15) is 0 Å². The van der Waals surface area contributed by atoms with E-state index in [4.69, 9.17) is 4.98 Å². The number of hydrogen-bond donors (Lipinski definition) is 0. The van der Waals surface area contributed by atoms with Crippen molar-refractivity contribution in [1.82, 2.24) is 9.97 Å². The fraction of sp³-hybridized carbons (Fsp3) is 0. The number of benzene rings is 3. The van der Waals surface area contributed by atoms with Crippen LogP contribution in [0.25, 0.3) is 44.2 Å². The van der Waals surface area contributed by atoms with E-state index in [1.165, 1.54) is 5.56 Å². The molecule has 0 atom stereocenters. The molecule has 0 unspecified atom stereocenters. The fourth-order valence-electron chi connectivity index (χ4n) is 3.43. The summed E-state index contributed by atoms with van der Waals surface area (Å²) >= 11 is 0. The average molecular weight is 484 g/mol. The van der Waals surface area contributed by atoms with Crippen molar-refractivity contribution in [3.8, 4) is 22.4 Å². The monoisotopic (exact) mass is 485 g/mol. The number of rotatable bonds is 2. The predicted octanol–water partition coefficient (Wildman–Crippen LogP) is 6.12. The first kappa shape index (κ1) is 18.4. The SMILES string of the molecule is [Eu].c1ccc(-c2cc3ccc4cccnc4c3nc2-c2ccccc2)cc1. The van der Waals surface area contributed by atoms with Crippen LogP contribution in [0.2, 0.25) is 0 Å². The van der Waals surface area contributed by atoms with Crippen molar-refractivity contribution in [3.05, 3.63) is 97.2 Å². The van der Waals surface area contributed by atoms with Gasteiger partial charge in [-0.25, -0.2) is 4.98 Å². The minimum absolute atomic E-state index is 0. The minimum Gasteiger partial charge on any atom is -0.254 e. The van der Waals surface area contributed by atoms with Crippen LogP contribution in [0.3, 0.4) is 0 Å². The maximum atomic E-state index is 5.09. The Labute approximate surface area is 198 Å². The van der Waals surface area contributed by atoms with Gasteiger partial charge in [-0.15, -0.1) is 0 Å². The van der Waals surface area contributed by atoms with Gasteiger partial charge in [0.25, 0.3) is 0 Å². The normalized spacial score (nSPS) is 10.7. The molecule has 0 bridgehead atoms. The molecule has 0 saturated heterocycles. The maximum absolute atomic E-state index is 5.09. The van der Waals surface area contributed by atoms with Crippen molar-refractivity contribution in [3.63, 3.8) is 0 Å². The molecule has 5 aromatic rings. The van der Waals surface area contributed by atoms with E-state index in [0.29, 0.717) is 0 Å². The number of hydrogen-bond acceptors (Lipinski definition) is 2. The van der Waals surface area contributed by atoms with Gasteiger partial charge in [0, 0.05) is 77.5 Å². The molecular weight excluding hydrogens is 468 g/mol. The summed E-state index contributed by atoms with van der Waals surface area (Å²) in [5.74, 6) is 0. The summed E-state index contributed by atoms with van der Waals surface area (Å²) in [4.78, 5) is 9.67. The summed E-state index contributed by atoms with van der Waals surface area (Å²) in [6.45, 7) is 0. The van der Waals surface area contributed by atoms with Gasteiger partial charge in [0.1, 0.15) is 0 Å². The second-order valence-electron chi connectivity index (χ2n) is 6.33. The van der Waals surface area contributed by atoms with Crippen LogP contribution in [-0.4, -0.2) is 9.97 Å². The van der Waals surface area contributed by atoms with Crippen molar-refractivity contribution < 1.29 is 49.4 Å². The molecule has 0 spiro atoms. The molecule has 0 fully saturated rings. The molecule has 1 radical (unpaired) electrons. The van der Waals surface area contributed by atoms with Gasteiger partial charge in [-0.3, -0.25) is 4.98 Å². The molecule has 129 valence electrons. The van der Waals surface area contributed by atoms with E-state index in [9.17, 15) is 0 Å². The standard InChI is InChI=1S/C24H16N2.Eu/c1-3-8-17(9-4-1)21-16-20-14-13-19-12-7-15-25-23(19)24(20)26-22(21)18-10-5-2-6-11-18;/h1-16H;. The molecule has 3 aromatic carbocycles. The quantitative estimate of drug-likeness (QED) is 0.282. The van der Waals surface area contributed by atoms with E-state index in [1.54, 1.807) is 0 Å². The third-order valence-electron chi connectivity index (χ3n) is 4.69. The Morgan fingerprint density at radius 1 is 0.556 bits per heavy atom. The minimum atomic E-state index is 0. The van der Waals surface area contributed by atoms with Crippen LogP contribution in [0.15, 0.2) is 97.2 Å². The van der Waals surface area contributed by atoms with Crippen LogP contribution in [-0.2, 0) is 0 Å². The first-order valence-electron chi connectivity index (χ1n) is 8.69. The van der Waals surface area contributed by atoms with E-state index < -0.39 is 0 Å². The number of pyridine rings is 2. The van der Waals surface area contributed by atoms with Crippen molar-refractivity contribution in [2.24, 2.45) is 0 Å². The zero-order chi connectivity index (χ0) is 17.3. The Hall–Kier alpha value is -1.94. The summed E-state index contributed by atoms with van der Waals surface area (Å²) in [5.41, 5.74) is 6.30. The van der Waals surface area contributed by atoms with Crippen LogP contribution in [0.4, 0.5) is 0 Å². The topological polar surface area (TPSA) is 25.8 Å². The molecule has 0 aliphatic heterocycles. The first-order chi connectivity index (χ1) is 12.9. The zero-order valence-electron chi connectivity index (χ0n) is 14.5. The molecule has 5 rings (SSSR count). The summed E-state index contributed by atoms with van der Waals surface area (Å²) in [6.07, 6.45) is 1.83. The molecule has 3 heteroatoms. The van der Waals surface area contributed by atoms with E-state index >= 15 is 0 Å². The maximum Gasteiger partial charge on any atom is 0.0972 e. The molecular formula is C24H16EuN2. The van der Waals surface area contributed by atoms with Crippen LogP contribution in [0.5, 0.6) is 0 Å². The fourth-order valence-corrected chi connectivity index (χ4v) is 3.43. The number of aromatic nitrogens is 2. The Bertz CT molecular complexity index is 1220. The van der Waals surface area contributed by atoms with Gasteiger partial charge >= 0.3 is 0 Å². The zero-order valence-corrected chi connectivity index (χ0v) is 16.9. The third-order valence-corrected chi connectivity index (χ3v) is 4.69. The molecule has 0 amide bonds. The molecule has 2 aromatic heterocycles. The summed E-state index contributed by atoms with van der Waals surface area (Å²) in [7, 11) is 0. The van der Waals surface area contributed by atoms with Crippen LogP contribution < -0.4 is 0 Å².